The molecule has 4 aliphatic carbocycles. The number of carbonyl (C=O) groups is 3. The first-order valence-electron chi connectivity index (χ1n) is 16.6. The van der Waals surface area contributed by atoms with Gasteiger partial charge in [-0.2, -0.15) is 0 Å². The minimum absolute atomic E-state index is 0.0708. The van der Waals surface area contributed by atoms with Crippen LogP contribution in [0.5, 0.6) is 0 Å². The van der Waals surface area contributed by atoms with E-state index in [0.29, 0.717) is 29.5 Å². The lowest BCUT2D eigenvalue weighted by Crippen LogP contribution is -2.54. The Balaban J connectivity index is 1.37. The second-order valence-electron chi connectivity index (χ2n) is 15.3. The van der Waals surface area contributed by atoms with Gasteiger partial charge in [0.15, 0.2) is 0 Å². The normalized spacial score (nSPS) is 39.3. The number of amides is 1. The van der Waals surface area contributed by atoms with E-state index in [4.69, 9.17) is 10.5 Å². The highest BCUT2D eigenvalue weighted by Crippen LogP contribution is 2.67. The maximum atomic E-state index is 13.4. The molecule has 1 amide bonds. The molecule has 0 aliphatic heterocycles. The van der Waals surface area contributed by atoms with Gasteiger partial charge in [0.25, 0.3) is 0 Å². The van der Waals surface area contributed by atoms with Crippen LogP contribution < -0.4 is 11.1 Å². The molecule has 4 saturated carbocycles. The second-order valence-corrected chi connectivity index (χ2v) is 15.3. The van der Waals surface area contributed by atoms with Crippen LogP contribution in [0.4, 0.5) is 0 Å². The van der Waals surface area contributed by atoms with Crippen molar-refractivity contribution in [2.24, 2.45) is 58.0 Å². The Morgan fingerprint density at radius 1 is 0.950 bits per heavy atom. The Hall–Kier alpha value is -1.43. The molecule has 0 heterocycles. The third kappa shape index (κ3) is 6.17. The number of rotatable bonds is 10. The standard InChI is InChI=1S/C34H58N2O4/c1-8-21(4)29(35)19-31(38)36-30(17-20(2)3)32(39)40-24-13-15-33(6)23(18-24)9-10-25-27-12-11-26(22(5)37)34(27,7)16-14-28(25)33/h20-21,23-30H,8-19,35H2,1-7H3,(H,36,38)/t21-,23+,24-,25+,26-,27+,28+,29+,30+,33+,34-/m1/s1. The molecule has 0 radical (unpaired) electrons. The van der Waals surface area contributed by atoms with Crippen LogP contribution in [-0.2, 0) is 19.1 Å². The molecule has 4 aliphatic rings. The lowest BCUT2D eigenvalue weighted by Gasteiger charge is -2.61. The van der Waals surface area contributed by atoms with Crippen molar-refractivity contribution in [1.82, 2.24) is 5.32 Å². The van der Waals surface area contributed by atoms with Crippen molar-refractivity contribution in [3.63, 3.8) is 0 Å². The molecule has 0 spiro atoms. The molecule has 0 unspecified atom stereocenters. The second kappa shape index (κ2) is 12.4. The van der Waals surface area contributed by atoms with Crippen molar-refractivity contribution in [2.45, 2.75) is 144 Å². The Morgan fingerprint density at radius 3 is 2.27 bits per heavy atom. The van der Waals surface area contributed by atoms with E-state index in [1.54, 1.807) is 0 Å². The summed E-state index contributed by atoms with van der Waals surface area (Å²) < 4.78 is 6.16. The van der Waals surface area contributed by atoms with E-state index in [2.05, 4.69) is 46.9 Å². The Bertz CT molecular complexity index is 935. The molecule has 0 aromatic carbocycles. The van der Waals surface area contributed by atoms with Gasteiger partial charge in [-0.05, 0) is 117 Å². The van der Waals surface area contributed by atoms with E-state index in [1.807, 2.05) is 6.92 Å². The number of hydrogen-bond acceptors (Lipinski definition) is 5. The SMILES string of the molecule is CC[C@@H](C)[C@@H](N)CC(=O)N[C@@H](CC(C)C)C(=O)O[C@@H]1CC[C@@]2(C)[C@@H](CC[C@@H]3[C@@H]2CC[C@]2(C)[C@@H](C(C)=O)CC[C@@H]32)C1. The van der Waals surface area contributed by atoms with Gasteiger partial charge in [0.2, 0.25) is 5.91 Å². The maximum absolute atomic E-state index is 13.4. The van der Waals surface area contributed by atoms with Crippen LogP contribution in [0, 0.1) is 52.3 Å². The summed E-state index contributed by atoms with van der Waals surface area (Å²) >= 11 is 0. The van der Waals surface area contributed by atoms with Crippen LogP contribution in [0.15, 0.2) is 0 Å². The molecular formula is C34H58N2O4. The fraction of sp³-hybridized carbons (Fsp3) is 0.912. The zero-order valence-electron chi connectivity index (χ0n) is 26.5. The molecule has 0 aromatic heterocycles. The van der Waals surface area contributed by atoms with E-state index in [9.17, 15) is 14.4 Å². The minimum Gasteiger partial charge on any atom is -0.461 e. The summed E-state index contributed by atoms with van der Waals surface area (Å²) in [5.74, 6) is 3.44. The highest BCUT2D eigenvalue weighted by Gasteiger charge is 2.61. The number of carbonyl (C=O) groups excluding carboxylic acids is 3. The summed E-state index contributed by atoms with van der Waals surface area (Å²) in [5.41, 5.74) is 6.70. The van der Waals surface area contributed by atoms with E-state index < -0.39 is 6.04 Å². The third-order valence-electron chi connectivity index (χ3n) is 12.5. The Kier molecular flexibility index (Phi) is 9.79. The molecule has 0 bridgehead atoms. The largest absolute Gasteiger partial charge is 0.461 e. The first kappa shape index (κ1) is 31.5. The summed E-state index contributed by atoms with van der Waals surface area (Å²) in [6.07, 6.45) is 11.8. The summed E-state index contributed by atoms with van der Waals surface area (Å²) in [4.78, 5) is 38.6. The molecule has 4 fully saturated rings. The summed E-state index contributed by atoms with van der Waals surface area (Å²) in [7, 11) is 0. The van der Waals surface area contributed by atoms with Gasteiger partial charge >= 0.3 is 5.97 Å². The highest BCUT2D eigenvalue weighted by atomic mass is 16.5. The maximum Gasteiger partial charge on any atom is 0.328 e. The number of nitrogens with one attached hydrogen (secondary N) is 1. The molecule has 6 heteroatoms. The molecule has 228 valence electrons. The average molecular weight is 559 g/mol. The van der Waals surface area contributed by atoms with Crippen LogP contribution in [0.3, 0.4) is 0 Å². The van der Waals surface area contributed by atoms with E-state index in [1.165, 1.54) is 32.1 Å². The van der Waals surface area contributed by atoms with Gasteiger partial charge in [0, 0.05) is 18.4 Å². The van der Waals surface area contributed by atoms with Crippen molar-refractivity contribution >= 4 is 17.7 Å². The van der Waals surface area contributed by atoms with Crippen molar-refractivity contribution in [3.05, 3.63) is 0 Å². The number of Topliss-reactive ketones (excluding diaryl/α,β-unsaturated/α-hetero) is 1. The van der Waals surface area contributed by atoms with Gasteiger partial charge in [-0.1, -0.05) is 48.0 Å². The summed E-state index contributed by atoms with van der Waals surface area (Å²) in [6.45, 7) is 15.0. The number of ketones is 1. The van der Waals surface area contributed by atoms with Gasteiger partial charge in [-0.25, -0.2) is 4.79 Å². The molecular weight excluding hydrogens is 500 g/mol. The molecule has 40 heavy (non-hydrogen) atoms. The summed E-state index contributed by atoms with van der Waals surface area (Å²) in [6, 6.07) is -0.824. The Morgan fingerprint density at radius 2 is 1.62 bits per heavy atom. The number of nitrogens with two attached hydrogens (primary N) is 1. The first-order valence-corrected chi connectivity index (χ1v) is 16.6. The van der Waals surface area contributed by atoms with Crippen LogP contribution in [-0.4, -0.2) is 35.8 Å². The number of hydrogen-bond donors (Lipinski definition) is 2. The number of fused-ring (bicyclic) bond motifs is 5. The van der Waals surface area contributed by atoms with Gasteiger partial charge in [-0.3, -0.25) is 9.59 Å². The van der Waals surface area contributed by atoms with Crippen LogP contribution in [0.2, 0.25) is 0 Å². The third-order valence-corrected chi connectivity index (χ3v) is 12.5. The molecule has 3 N–H and O–H groups in total. The average Bonchev–Trinajstić information content (AvgIpc) is 3.25. The topological polar surface area (TPSA) is 98.5 Å². The predicted octanol–water partition coefficient (Wildman–Crippen LogP) is 6.44. The molecule has 0 aromatic rings. The van der Waals surface area contributed by atoms with Crippen molar-refractivity contribution in [1.29, 1.82) is 0 Å². The van der Waals surface area contributed by atoms with E-state index in [0.717, 1.165) is 43.9 Å². The minimum atomic E-state index is -0.617. The van der Waals surface area contributed by atoms with E-state index >= 15 is 0 Å². The zero-order valence-corrected chi connectivity index (χ0v) is 26.5. The van der Waals surface area contributed by atoms with Crippen molar-refractivity contribution < 1.29 is 19.1 Å². The smallest absolute Gasteiger partial charge is 0.328 e. The Labute approximate surface area is 243 Å². The predicted molar refractivity (Wildman–Crippen MR) is 159 cm³/mol. The number of ether oxygens (including phenoxy) is 1. The zero-order chi connectivity index (χ0) is 29.4. The fourth-order valence-corrected chi connectivity index (χ4v) is 9.90. The lowest BCUT2D eigenvalue weighted by molar-refractivity contribution is -0.166. The van der Waals surface area contributed by atoms with Crippen LogP contribution >= 0.6 is 0 Å². The first-order chi connectivity index (χ1) is 18.8. The van der Waals surface area contributed by atoms with Gasteiger partial charge in [-0.15, -0.1) is 0 Å². The molecule has 11 atom stereocenters. The summed E-state index contributed by atoms with van der Waals surface area (Å²) in [5, 5.41) is 2.97. The van der Waals surface area contributed by atoms with Crippen molar-refractivity contribution in [2.75, 3.05) is 0 Å². The highest BCUT2D eigenvalue weighted by molar-refractivity contribution is 5.84. The van der Waals surface area contributed by atoms with Crippen molar-refractivity contribution in [3.8, 4) is 0 Å². The molecule has 0 saturated heterocycles. The van der Waals surface area contributed by atoms with Gasteiger partial charge in [0.1, 0.15) is 17.9 Å². The molecule has 6 nitrogen and oxygen atoms in total. The lowest BCUT2D eigenvalue weighted by atomic mass is 9.44. The van der Waals surface area contributed by atoms with E-state index in [-0.39, 0.29) is 53.6 Å². The number of esters is 1. The van der Waals surface area contributed by atoms with Gasteiger partial charge in [0.05, 0.1) is 0 Å². The fourth-order valence-electron chi connectivity index (χ4n) is 9.90. The monoisotopic (exact) mass is 558 g/mol. The molecule has 4 rings (SSSR count). The quantitative estimate of drug-likeness (QED) is 0.301. The van der Waals surface area contributed by atoms with Crippen LogP contribution in [0.1, 0.15) is 126 Å². The van der Waals surface area contributed by atoms with Crippen LogP contribution in [0.25, 0.3) is 0 Å². The van der Waals surface area contributed by atoms with Gasteiger partial charge < -0.3 is 15.8 Å².